The van der Waals surface area contributed by atoms with Crippen molar-refractivity contribution in [2.45, 2.75) is 19.1 Å². The van der Waals surface area contributed by atoms with Crippen molar-refractivity contribution in [2.24, 2.45) is 0 Å². The zero-order valence-corrected chi connectivity index (χ0v) is 21.5. The van der Waals surface area contributed by atoms with E-state index in [4.69, 9.17) is 5.11 Å². The van der Waals surface area contributed by atoms with Gasteiger partial charge < -0.3 is 10.4 Å². The topological polar surface area (TPSA) is 101 Å². The van der Waals surface area contributed by atoms with E-state index in [9.17, 15) is 27.6 Å². The summed E-state index contributed by atoms with van der Waals surface area (Å²) in [6.45, 7) is 1.73. The summed E-state index contributed by atoms with van der Waals surface area (Å²) < 4.78 is 40.5. The molecule has 5 rings (SSSR count). The molecule has 0 aliphatic heterocycles. The molecule has 1 atom stereocenters. The number of carboxylic acid groups (broad SMARTS) is 1. The van der Waals surface area contributed by atoms with Crippen molar-refractivity contribution >= 4 is 23.3 Å². The molecule has 41 heavy (non-hydrogen) atoms. The lowest BCUT2D eigenvalue weighted by atomic mass is 10.0. The Balaban J connectivity index is 1.56. The molecule has 3 aromatic carbocycles. The molecule has 10 heteroatoms. The lowest BCUT2D eigenvalue weighted by Gasteiger charge is -2.17. The molecule has 206 valence electrons. The first-order valence-electron chi connectivity index (χ1n) is 12.5. The molecular weight excluding hydrogens is 535 g/mol. The van der Waals surface area contributed by atoms with Gasteiger partial charge in [-0.25, -0.2) is 9.78 Å². The summed E-state index contributed by atoms with van der Waals surface area (Å²) in [7, 11) is 0. The number of alkyl halides is 3. The second-order valence-corrected chi connectivity index (χ2v) is 9.36. The van der Waals surface area contributed by atoms with Crippen molar-refractivity contribution in [1.29, 1.82) is 0 Å². The number of hydrogen-bond acceptors (Lipinski definition) is 4. The van der Waals surface area contributed by atoms with Crippen LogP contribution in [-0.2, 0) is 6.18 Å². The van der Waals surface area contributed by atoms with Gasteiger partial charge in [0.2, 0.25) is 5.78 Å². The van der Waals surface area contributed by atoms with Gasteiger partial charge in [0.15, 0.2) is 0 Å². The van der Waals surface area contributed by atoms with E-state index in [-0.39, 0.29) is 22.5 Å². The van der Waals surface area contributed by atoms with E-state index in [1.165, 1.54) is 22.7 Å². The summed E-state index contributed by atoms with van der Waals surface area (Å²) in [6, 6.07) is 21.9. The number of halogens is 3. The smallest absolute Gasteiger partial charge is 0.416 e. The second kappa shape index (κ2) is 10.7. The fourth-order valence-corrected chi connectivity index (χ4v) is 4.47. The number of aromatic carboxylic acids is 1. The van der Waals surface area contributed by atoms with Crippen molar-refractivity contribution in [3.05, 3.63) is 131 Å². The Morgan fingerprint density at radius 1 is 0.829 bits per heavy atom. The van der Waals surface area contributed by atoms with E-state index in [1.54, 1.807) is 31.2 Å². The largest absolute Gasteiger partial charge is 0.478 e. The maximum absolute atomic E-state index is 13.7. The molecule has 0 aliphatic rings. The third kappa shape index (κ3) is 5.58. The number of fused-ring (bicyclic) bond motifs is 1. The van der Waals surface area contributed by atoms with Gasteiger partial charge in [-0.3, -0.25) is 14.0 Å². The first-order valence-corrected chi connectivity index (χ1v) is 12.5. The van der Waals surface area contributed by atoms with Crippen LogP contribution in [0.5, 0.6) is 0 Å². The monoisotopic (exact) mass is 557 g/mol. The Morgan fingerprint density at radius 2 is 1.46 bits per heavy atom. The highest BCUT2D eigenvalue weighted by molar-refractivity contribution is 6.09. The van der Waals surface area contributed by atoms with Gasteiger partial charge in [0, 0.05) is 5.56 Å². The van der Waals surface area contributed by atoms with Crippen molar-refractivity contribution in [3.63, 3.8) is 0 Å². The average molecular weight is 558 g/mol. The minimum atomic E-state index is -4.55. The van der Waals surface area contributed by atoms with Crippen LogP contribution in [0.1, 0.15) is 61.0 Å². The third-order valence-corrected chi connectivity index (χ3v) is 6.66. The number of nitrogens with zero attached hydrogens (tertiary/aromatic N) is 2. The quantitative estimate of drug-likeness (QED) is 0.224. The highest BCUT2D eigenvalue weighted by atomic mass is 19.4. The van der Waals surface area contributed by atoms with Gasteiger partial charge >= 0.3 is 12.1 Å². The van der Waals surface area contributed by atoms with E-state index >= 15 is 0 Å². The SMILES string of the molecule is C[C@H](NC(=O)c1cc(-c2ccccc2)cc2ncc(C(=O)c3ccc(C(F)(F)F)cc3)n12)c1ccc(C(=O)O)cc1. The second-order valence-electron chi connectivity index (χ2n) is 9.36. The predicted molar refractivity (Wildman–Crippen MR) is 145 cm³/mol. The predicted octanol–water partition coefficient (Wildman–Crippen LogP) is 6.44. The summed E-state index contributed by atoms with van der Waals surface area (Å²) >= 11 is 0. The highest BCUT2D eigenvalue weighted by Crippen LogP contribution is 2.30. The number of carboxylic acids is 1. The molecule has 0 bridgehead atoms. The molecule has 2 N–H and O–H groups in total. The van der Waals surface area contributed by atoms with Crippen LogP contribution in [-0.4, -0.2) is 32.2 Å². The average Bonchev–Trinajstić information content (AvgIpc) is 3.40. The number of aromatic nitrogens is 2. The number of hydrogen-bond donors (Lipinski definition) is 2. The molecule has 0 saturated carbocycles. The normalized spacial score (nSPS) is 12.2. The first-order chi connectivity index (χ1) is 19.5. The minimum absolute atomic E-state index is 0.00276. The van der Waals surface area contributed by atoms with Crippen LogP contribution >= 0.6 is 0 Å². The maximum atomic E-state index is 13.7. The molecule has 5 aromatic rings. The number of imidazole rings is 1. The van der Waals surface area contributed by atoms with E-state index in [1.807, 2.05) is 30.3 Å². The molecule has 0 fully saturated rings. The Hall–Kier alpha value is -5.25. The van der Waals surface area contributed by atoms with Crippen molar-refractivity contribution < 1.29 is 32.7 Å². The van der Waals surface area contributed by atoms with Crippen LogP contribution in [0.15, 0.2) is 97.2 Å². The summed E-state index contributed by atoms with van der Waals surface area (Å²) in [4.78, 5) is 42.6. The number of nitrogens with one attached hydrogen (secondary N) is 1. The zero-order chi connectivity index (χ0) is 29.3. The lowest BCUT2D eigenvalue weighted by molar-refractivity contribution is -0.137. The molecule has 7 nitrogen and oxygen atoms in total. The summed E-state index contributed by atoms with van der Waals surface area (Å²) in [5.41, 5.74) is 1.74. The molecular formula is C31H22F3N3O4. The summed E-state index contributed by atoms with van der Waals surface area (Å²) in [5.74, 6) is -2.22. The number of carbonyl (C=O) groups is 3. The van der Waals surface area contributed by atoms with Gasteiger partial charge in [0.05, 0.1) is 23.4 Å². The van der Waals surface area contributed by atoms with Gasteiger partial charge in [-0.15, -0.1) is 0 Å². The van der Waals surface area contributed by atoms with Gasteiger partial charge in [-0.05, 0) is 60.0 Å². The molecule has 0 saturated heterocycles. The van der Waals surface area contributed by atoms with Crippen LogP contribution < -0.4 is 5.32 Å². The molecule has 2 aromatic heterocycles. The maximum Gasteiger partial charge on any atom is 0.416 e. The standard InChI is InChI=1S/C31H22F3N3O4/c1-18(19-7-9-22(10-8-19)30(40)41)36-29(39)25-15-23(20-5-3-2-4-6-20)16-27-35-17-26(37(25)27)28(38)21-11-13-24(14-12-21)31(32,33)34/h2-18H,1H3,(H,36,39)(H,40,41)/t18-/m0/s1. The summed E-state index contributed by atoms with van der Waals surface area (Å²) in [6.07, 6.45) is -3.26. The molecule has 0 radical (unpaired) electrons. The Morgan fingerprint density at radius 3 is 2.07 bits per heavy atom. The lowest BCUT2D eigenvalue weighted by Crippen LogP contribution is -2.29. The fourth-order valence-electron chi connectivity index (χ4n) is 4.47. The number of carbonyl (C=O) groups excluding carboxylic acids is 2. The van der Waals surface area contributed by atoms with E-state index < -0.39 is 35.4 Å². The molecule has 0 spiro atoms. The number of pyridine rings is 1. The van der Waals surface area contributed by atoms with E-state index in [2.05, 4.69) is 10.3 Å². The van der Waals surface area contributed by atoms with Crippen LogP contribution in [0.4, 0.5) is 13.2 Å². The van der Waals surface area contributed by atoms with Gasteiger partial charge in [0.1, 0.15) is 17.0 Å². The third-order valence-electron chi connectivity index (χ3n) is 6.66. The Labute approximate surface area is 231 Å². The number of ketones is 1. The molecule has 0 unspecified atom stereocenters. The van der Waals surface area contributed by atoms with Crippen molar-refractivity contribution in [2.75, 3.05) is 0 Å². The van der Waals surface area contributed by atoms with Crippen LogP contribution in [0, 0.1) is 0 Å². The summed E-state index contributed by atoms with van der Waals surface area (Å²) in [5, 5.41) is 12.0. The van der Waals surface area contributed by atoms with Gasteiger partial charge in [-0.1, -0.05) is 54.6 Å². The highest BCUT2D eigenvalue weighted by Gasteiger charge is 2.30. The number of rotatable bonds is 7. The van der Waals surface area contributed by atoms with Crippen LogP contribution in [0.25, 0.3) is 16.8 Å². The Kier molecular flexibility index (Phi) is 7.15. The van der Waals surface area contributed by atoms with Crippen LogP contribution in [0.2, 0.25) is 0 Å². The van der Waals surface area contributed by atoms with E-state index in [0.29, 0.717) is 16.8 Å². The molecule has 0 aliphatic carbocycles. The van der Waals surface area contributed by atoms with Crippen molar-refractivity contribution in [3.8, 4) is 11.1 Å². The first kappa shape index (κ1) is 27.3. The number of benzene rings is 3. The zero-order valence-electron chi connectivity index (χ0n) is 21.5. The minimum Gasteiger partial charge on any atom is -0.478 e. The van der Waals surface area contributed by atoms with Crippen LogP contribution in [0.3, 0.4) is 0 Å². The molecule has 1 amide bonds. The fraction of sp³-hybridized carbons (Fsp3) is 0.0968. The van der Waals surface area contributed by atoms with E-state index in [0.717, 1.165) is 29.8 Å². The van der Waals surface area contributed by atoms with Gasteiger partial charge in [-0.2, -0.15) is 13.2 Å². The Bertz CT molecular complexity index is 1760. The number of amides is 1. The molecule has 2 heterocycles. The van der Waals surface area contributed by atoms with Gasteiger partial charge in [0.25, 0.3) is 5.91 Å². The van der Waals surface area contributed by atoms with Crippen molar-refractivity contribution in [1.82, 2.24) is 14.7 Å².